The maximum absolute atomic E-state index is 11.3. The molecule has 0 unspecified atom stereocenters. The first-order valence-electron chi connectivity index (χ1n) is 6.54. The molecule has 6 heteroatoms. The average molecular weight is 290 g/mol. The highest BCUT2D eigenvalue weighted by molar-refractivity contribution is 7.11. The molecule has 0 bridgehead atoms. The molecule has 2 aromatic rings. The van der Waals surface area contributed by atoms with E-state index in [0.29, 0.717) is 12.1 Å². The molecule has 3 N–H and O–H groups in total. The summed E-state index contributed by atoms with van der Waals surface area (Å²) in [6, 6.07) is 1.75. The Labute approximate surface area is 122 Å². The van der Waals surface area contributed by atoms with Gasteiger partial charge in [0.25, 0.3) is 5.91 Å². The average Bonchev–Trinajstić information content (AvgIpc) is 2.79. The van der Waals surface area contributed by atoms with Gasteiger partial charge in [0.2, 0.25) is 0 Å². The number of nitrogens with zero attached hydrogens (tertiary/aromatic N) is 2. The Hall–Kier alpha value is -1.95. The van der Waals surface area contributed by atoms with Crippen molar-refractivity contribution in [3.05, 3.63) is 39.6 Å². The molecule has 5 nitrogen and oxygen atoms in total. The number of primary amides is 1. The van der Waals surface area contributed by atoms with Crippen molar-refractivity contribution < 1.29 is 4.79 Å². The molecule has 0 aliphatic heterocycles. The van der Waals surface area contributed by atoms with Crippen LogP contribution in [0, 0.1) is 6.92 Å². The number of amides is 1. The number of pyridine rings is 1. The van der Waals surface area contributed by atoms with E-state index in [1.54, 1.807) is 23.6 Å². The van der Waals surface area contributed by atoms with Crippen LogP contribution in [0.4, 0.5) is 5.69 Å². The number of anilines is 1. The van der Waals surface area contributed by atoms with Crippen LogP contribution in [0.25, 0.3) is 0 Å². The summed E-state index contributed by atoms with van der Waals surface area (Å²) in [7, 11) is 0. The van der Waals surface area contributed by atoms with Crippen molar-refractivity contribution in [3.63, 3.8) is 0 Å². The van der Waals surface area contributed by atoms with Crippen molar-refractivity contribution in [2.45, 2.75) is 26.7 Å². The van der Waals surface area contributed by atoms with Gasteiger partial charge in [0, 0.05) is 30.2 Å². The number of hydrogen-bond acceptors (Lipinski definition) is 5. The van der Waals surface area contributed by atoms with E-state index in [-0.39, 0.29) is 0 Å². The number of carbonyl (C=O) groups excluding carboxylic acids is 1. The third-order valence-corrected chi connectivity index (χ3v) is 4.09. The van der Waals surface area contributed by atoms with Crippen LogP contribution in [-0.4, -0.2) is 22.4 Å². The molecule has 0 radical (unpaired) electrons. The van der Waals surface area contributed by atoms with Gasteiger partial charge in [-0.1, -0.05) is 6.92 Å². The lowest BCUT2D eigenvalue weighted by molar-refractivity contribution is 0.100. The molecule has 0 fully saturated rings. The van der Waals surface area contributed by atoms with Crippen LogP contribution < -0.4 is 11.1 Å². The summed E-state index contributed by atoms with van der Waals surface area (Å²) in [6.45, 7) is 4.92. The summed E-state index contributed by atoms with van der Waals surface area (Å²) in [5, 5.41) is 4.33. The fourth-order valence-electron chi connectivity index (χ4n) is 1.97. The summed E-state index contributed by atoms with van der Waals surface area (Å²) < 4.78 is 0. The predicted molar refractivity (Wildman–Crippen MR) is 81.2 cm³/mol. The minimum absolute atomic E-state index is 0.414. The molecule has 2 heterocycles. The number of nitrogens with one attached hydrogen (secondary N) is 1. The molecule has 106 valence electrons. The van der Waals surface area contributed by atoms with Crippen LogP contribution in [0.15, 0.2) is 18.5 Å². The van der Waals surface area contributed by atoms with Crippen molar-refractivity contribution in [1.29, 1.82) is 0 Å². The fraction of sp³-hybridized carbons (Fsp3) is 0.357. The number of carbonyl (C=O) groups is 1. The molecule has 0 aliphatic carbocycles. The molecule has 0 atom stereocenters. The Bertz CT molecular complexity index is 609. The van der Waals surface area contributed by atoms with E-state index in [2.05, 4.69) is 29.1 Å². The highest BCUT2D eigenvalue weighted by atomic mass is 32.1. The lowest BCUT2D eigenvalue weighted by atomic mass is 10.2. The number of thiazole rings is 1. The highest BCUT2D eigenvalue weighted by Gasteiger charge is 2.09. The second-order valence-electron chi connectivity index (χ2n) is 4.43. The molecular weight excluding hydrogens is 272 g/mol. The second kappa shape index (κ2) is 6.47. The SMILES string of the molecule is CCc1nc(CCNc2ccncc2C(N)=O)sc1C. The zero-order valence-corrected chi connectivity index (χ0v) is 12.5. The van der Waals surface area contributed by atoms with Gasteiger partial charge in [-0.3, -0.25) is 9.78 Å². The monoisotopic (exact) mass is 290 g/mol. The third kappa shape index (κ3) is 3.33. The van der Waals surface area contributed by atoms with Crippen molar-refractivity contribution in [3.8, 4) is 0 Å². The van der Waals surface area contributed by atoms with Crippen molar-refractivity contribution in [2.75, 3.05) is 11.9 Å². The predicted octanol–water partition coefficient (Wildman–Crippen LogP) is 2.16. The number of hydrogen-bond donors (Lipinski definition) is 2. The smallest absolute Gasteiger partial charge is 0.252 e. The third-order valence-electron chi connectivity index (χ3n) is 3.01. The van der Waals surface area contributed by atoms with Crippen LogP contribution in [0.5, 0.6) is 0 Å². The van der Waals surface area contributed by atoms with Crippen molar-refractivity contribution in [1.82, 2.24) is 9.97 Å². The zero-order valence-electron chi connectivity index (χ0n) is 11.6. The standard InChI is InChI=1S/C14H18N4OS/c1-3-11-9(2)20-13(18-11)5-7-17-12-4-6-16-8-10(12)14(15)19/h4,6,8H,3,5,7H2,1-2H3,(H2,15,19)(H,16,17). The Balaban J connectivity index is 1.97. The Morgan fingerprint density at radius 3 is 2.95 bits per heavy atom. The van der Waals surface area contributed by atoms with E-state index in [1.165, 1.54) is 16.8 Å². The minimum Gasteiger partial charge on any atom is -0.384 e. The van der Waals surface area contributed by atoms with E-state index < -0.39 is 5.91 Å². The molecular formula is C14H18N4OS. The molecule has 20 heavy (non-hydrogen) atoms. The van der Waals surface area contributed by atoms with E-state index in [1.807, 2.05) is 0 Å². The normalized spacial score (nSPS) is 10.5. The van der Waals surface area contributed by atoms with Crippen LogP contribution in [-0.2, 0) is 12.8 Å². The van der Waals surface area contributed by atoms with E-state index in [9.17, 15) is 4.79 Å². The fourth-order valence-corrected chi connectivity index (χ4v) is 2.99. The Kier molecular flexibility index (Phi) is 4.68. The van der Waals surface area contributed by atoms with Crippen LogP contribution in [0.3, 0.4) is 0 Å². The summed E-state index contributed by atoms with van der Waals surface area (Å²) in [5.74, 6) is -0.473. The lowest BCUT2D eigenvalue weighted by Crippen LogP contribution is -2.15. The van der Waals surface area contributed by atoms with Gasteiger partial charge in [0.15, 0.2) is 0 Å². The quantitative estimate of drug-likeness (QED) is 0.854. The first-order valence-corrected chi connectivity index (χ1v) is 7.36. The largest absolute Gasteiger partial charge is 0.384 e. The summed E-state index contributed by atoms with van der Waals surface area (Å²) in [5.41, 5.74) is 7.62. The first-order chi connectivity index (χ1) is 9.61. The Morgan fingerprint density at radius 1 is 1.50 bits per heavy atom. The first kappa shape index (κ1) is 14.5. The van der Waals surface area contributed by atoms with Gasteiger partial charge in [0.1, 0.15) is 0 Å². The minimum atomic E-state index is -0.473. The van der Waals surface area contributed by atoms with Gasteiger partial charge in [-0.25, -0.2) is 4.98 Å². The van der Waals surface area contributed by atoms with Crippen molar-refractivity contribution >= 4 is 22.9 Å². The number of nitrogens with two attached hydrogens (primary N) is 1. The van der Waals surface area contributed by atoms with Crippen LogP contribution in [0.1, 0.15) is 32.9 Å². The van der Waals surface area contributed by atoms with Crippen molar-refractivity contribution in [2.24, 2.45) is 5.73 Å². The maximum Gasteiger partial charge on any atom is 0.252 e. The number of aromatic nitrogens is 2. The van der Waals surface area contributed by atoms with Crippen LogP contribution >= 0.6 is 11.3 Å². The molecule has 0 spiro atoms. The lowest BCUT2D eigenvalue weighted by Gasteiger charge is -2.08. The number of rotatable bonds is 6. The summed E-state index contributed by atoms with van der Waals surface area (Å²) in [6.07, 6.45) is 4.91. The molecule has 0 saturated heterocycles. The van der Waals surface area contributed by atoms with E-state index in [4.69, 9.17) is 5.73 Å². The molecule has 1 amide bonds. The second-order valence-corrected chi connectivity index (χ2v) is 5.71. The topological polar surface area (TPSA) is 80.9 Å². The molecule has 0 aliphatic rings. The van der Waals surface area contributed by atoms with Gasteiger partial charge in [-0.05, 0) is 19.4 Å². The van der Waals surface area contributed by atoms with Gasteiger partial charge >= 0.3 is 0 Å². The highest BCUT2D eigenvalue weighted by Crippen LogP contribution is 2.19. The molecule has 0 saturated carbocycles. The van der Waals surface area contributed by atoms with Gasteiger partial charge in [-0.2, -0.15) is 0 Å². The maximum atomic E-state index is 11.3. The van der Waals surface area contributed by atoms with Gasteiger partial charge in [-0.15, -0.1) is 11.3 Å². The van der Waals surface area contributed by atoms with Gasteiger partial charge in [0.05, 0.1) is 22.0 Å². The Morgan fingerprint density at radius 2 is 2.30 bits per heavy atom. The van der Waals surface area contributed by atoms with Crippen LogP contribution in [0.2, 0.25) is 0 Å². The van der Waals surface area contributed by atoms with E-state index >= 15 is 0 Å². The molecule has 0 aromatic carbocycles. The summed E-state index contributed by atoms with van der Waals surface area (Å²) in [4.78, 5) is 21.1. The van der Waals surface area contributed by atoms with Gasteiger partial charge < -0.3 is 11.1 Å². The molecule has 2 rings (SSSR count). The summed E-state index contributed by atoms with van der Waals surface area (Å²) >= 11 is 1.73. The van der Waals surface area contributed by atoms with E-state index in [0.717, 1.165) is 23.5 Å². The molecule has 2 aromatic heterocycles. The number of aryl methyl sites for hydroxylation is 2. The zero-order chi connectivity index (χ0) is 14.5.